The van der Waals surface area contributed by atoms with E-state index in [-0.39, 0.29) is 5.91 Å². The van der Waals surface area contributed by atoms with Crippen LogP contribution in [0.2, 0.25) is 0 Å². The van der Waals surface area contributed by atoms with Crippen LogP contribution < -0.4 is 0 Å². The van der Waals surface area contributed by atoms with Crippen molar-refractivity contribution in [1.82, 2.24) is 20.1 Å². The molecule has 1 aromatic heterocycles. The van der Waals surface area contributed by atoms with Gasteiger partial charge in [0.25, 0.3) is 5.91 Å². The molecule has 6 heteroatoms. The highest BCUT2D eigenvalue weighted by Crippen LogP contribution is 2.26. The van der Waals surface area contributed by atoms with Crippen LogP contribution in [0, 0.1) is 19.8 Å². The summed E-state index contributed by atoms with van der Waals surface area (Å²) in [5.41, 5.74) is 3.81. The van der Waals surface area contributed by atoms with Crippen LogP contribution in [0.3, 0.4) is 0 Å². The first-order chi connectivity index (χ1) is 12.6. The lowest BCUT2D eigenvalue weighted by atomic mass is 9.98. The number of likely N-dealkylation sites (tertiary alicyclic amines) is 1. The normalized spacial score (nSPS) is 18.0. The lowest BCUT2D eigenvalue weighted by Gasteiger charge is -2.27. The number of carbonyl (C=O) groups excluding carboxylic acids is 1. The Kier molecular flexibility index (Phi) is 4.76. The minimum absolute atomic E-state index is 0.130. The summed E-state index contributed by atoms with van der Waals surface area (Å²) < 4.78 is 5.23. The van der Waals surface area contributed by atoms with Crippen LogP contribution in [0.4, 0.5) is 0 Å². The van der Waals surface area contributed by atoms with Crippen molar-refractivity contribution in [2.45, 2.75) is 39.5 Å². The van der Waals surface area contributed by atoms with E-state index in [4.69, 9.17) is 4.74 Å². The Bertz CT molecular complexity index is 804. The van der Waals surface area contributed by atoms with E-state index in [1.54, 1.807) is 0 Å². The molecule has 1 amide bonds. The zero-order chi connectivity index (χ0) is 18.1. The van der Waals surface area contributed by atoms with Crippen molar-refractivity contribution in [1.29, 1.82) is 0 Å². The van der Waals surface area contributed by atoms with Gasteiger partial charge in [-0.15, -0.1) is 0 Å². The van der Waals surface area contributed by atoms with Crippen molar-refractivity contribution in [3.8, 4) is 11.4 Å². The number of aryl methyl sites for hydroxylation is 2. The van der Waals surface area contributed by atoms with Crippen LogP contribution in [0.25, 0.3) is 11.4 Å². The number of nitrogens with one attached hydrogen (secondary N) is 1. The first-order valence-electron chi connectivity index (χ1n) is 9.51. The number of piperidine rings is 1. The monoisotopic (exact) mass is 354 g/mol. The fraction of sp³-hybridized carbons (Fsp3) is 0.550. The van der Waals surface area contributed by atoms with Gasteiger partial charge in [0.2, 0.25) is 0 Å². The number of carbonyl (C=O) groups is 1. The molecule has 138 valence electrons. The van der Waals surface area contributed by atoms with Crippen LogP contribution in [-0.2, 0) is 11.2 Å². The summed E-state index contributed by atoms with van der Waals surface area (Å²) in [7, 11) is 0. The predicted octanol–water partition coefficient (Wildman–Crippen LogP) is 2.90. The molecule has 1 N–H and O–H groups in total. The summed E-state index contributed by atoms with van der Waals surface area (Å²) in [6, 6.07) is 4.04. The number of hydrogen-bond acceptors (Lipinski definition) is 4. The maximum Gasteiger partial charge on any atom is 0.254 e. The smallest absolute Gasteiger partial charge is 0.254 e. The molecule has 6 nitrogen and oxygen atoms in total. The van der Waals surface area contributed by atoms with Gasteiger partial charge in [0.1, 0.15) is 5.82 Å². The van der Waals surface area contributed by atoms with E-state index >= 15 is 0 Å². The van der Waals surface area contributed by atoms with Crippen molar-refractivity contribution in [3.63, 3.8) is 0 Å². The molecule has 0 unspecified atom stereocenters. The van der Waals surface area contributed by atoms with Crippen LogP contribution in [0.15, 0.2) is 12.1 Å². The minimum Gasteiger partial charge on any atom is -0.381 e. The number of nitrogens with zero attached hydrogens (tertiary/aromatic N) is 3. The quantitative estimate of drug-likeness (QED) is 0.916. The third kappa shape index (κ3) is 3.38. The van der Waals surface area contributed by atoms with E-state index in [1.165, 1.54) is 6.42 Å². The van der Waals surface area contributed by atoms with Gasteiger partial charge in [-0.25, -0.2) is 4.98 Å². The minimum atomic E-state index is 0.130. The van der Waals surface area contributed by atoms with Crippen molar-refractivity contribution in [2.24, 2.45) is 5.92 Å². The predicted molar refractivity (Wildman–Crippen MR) is 99.1 cm³/mol. The highest BCUT2D eigenvalue weighted by molar-refractivity contribution is 5.97. The first kappa shape index (κ1) is 17.2. The number of aromatic nitrogens is 3. The van der Waals surface area contributed by atoms with Gasteiger partial charge in [-0.3, -0.25) is 9.89 Å². The molecular weight excluding hydrogens is 328 g/mol. The second-order valence-electron chi connectivity index (χ2n) is 7.55. The molecule has 1 aromatic carbocycles. The van der Waals surface area contributed by atoms with Gasteiger partial charge in [-0.1, -0.05) is 6.07 Å². The number of amides is 1. The molecule has 4 rings (SSSR count). The lowest BCUT2D eigenvalue weighted by Crippen LogP contribution is -2.36. The molecule has 0 aliphatic carbocycles. The Morgan fingerprint density at radius 3 is 2.65 bits per heavy atom. The number of aromatic amines is 1. The molecule has 2 fully saturated rings. The second-order valence-corrected chi connectivity index (χ2v) is 7.55. The Hall–Kier alpha value is -2.21. The van der Waals surface area contributed by atoms with Crippen molar-refractivity contribution >= 4 is 5.91 Å². The van der Waals surface area contributed by atoms with E-state index in [9.17, 15) is 4.79 Å². The molecule has 0 saturated carbocycles. The number of benzene rings is 1. The standard InChI is InChI=1S/C20H26N4O2/c1-13-8-14(2)17(20(25)24-6-4-3-5-7-24)10-16(13)19-21-18(22-23-19)9-15-11-26-12-15/h8,10,15H,3-7,9,11-12H2,1-2H3,(H,21,22,23). The Morgan fingerprint density at radius 1 is 1.19 bits per heavy atom. The van der Waals surface area contributed by atoms with Crippen LogP contribution in [0.5, 0.6) is 0 Å². The first-order valence-corrected chi connectivity index (χ1v) is 9.51. The van der Waals surface area contributed by atoms with Gasteiger partial charge in [0.15, 0.2) is 5.82 Å². The third-order valence-corrected chi connectivity index (χ3v) is 5.41. The fourth-order valence-corrected chi connectivity index (χ4v) is 3.77. The summed E-state index contributed by atoms with van der Waals surface area (Å²) in [5, 5.41) is 7.44. The summed E-state index contributed by atoms with van der Waals surface area (Å²) in [6.45, 7) is 7.37. The average molecular weight is 354 g/mol. The van der Waals surface area contributed by atoms with Gasteiger partial charge in [0.05, 0.1) is 13.2 Å². The highest BCUT2D eigenvalue weighted by Gasteiger charge is 2.23. The van der Waals surface area contributed by atoms with Crippen molar-refractivity contribution in [2.75, 3.05) is 26.3 Å². The summed E-state index contributed by atoms with van der Waals surface area (Å²) in [6.07, 6.45) is 4.27. The topological polar surface area (TPSA) is 71.1 Å². The van der Waals surface area contributed by atoms with Crippen molar-refractivity contribution < 1.29 is 9.53 Å². The van der Waals surface area contributed by atoms with Gasteiger partial charge in [-0.05, 0) is 50.3 Å². The molecule has 2 saturated heterocycles. The lowest BCUT2D eigenvalue weighted by molar-refractivity contribution is -0.0320. The van der Waals surface area contributed by atoms with E-state index in [0.29, 0.717) is 11.7 Å². The Balaban J connectivity index is 1.60. The van der Waals surface area contributed by atoms with Crippen LogP contribution in [0.1, 0.15) is 46.6 Å². The molecule has 0 bridgehead atoms. The van der Waals surface area contributed by atoms with Gasteiger partial charge in [0, 0.05) is 36.6 Å². The summed E-state index contributed by atoms with van der Waals surface area (Å²) in [4.78, 5) is 19.6. The fourth-order valence-electron chi connectivity index (χ4n) is 3.77. The molecule has 0 spiro atoms. The molecule has 0 atom stereocenters. The zero-order valence-corrected chi connectivity index (χ0v) is 15.5. The Labute approximate surface area is 154 Å². The van der Waals surface area contributed by atoms with Gasteiger partial charge < -0.3 is 9.64 Å². The summed E-state index contributed by atoms with van der Waals surface area (Å²) >= 11 is 0. The van der Waals surface area contributed by atoms with Crippen LogP contribution in [-0.4, -0.2) is 52.3 Å². The number of hydrogen-bond donors (Lipinski definition) is 1. The van der Waals surface area contributed by atoms with Gasteiger partial charge in [-0.2, -0.15) is 5.10 Å². The molecule has 0 radical (unpaired) electrons. The molecular formula is C20H26N4O2. The highest BCUT2D eigenvalue weighted by atomic mass is 16.5. The van der Waals surface area contributed by atoms with Crippen LogP contribution >= 0.6 is 0 Å². The molecule has 2 aromatic rings. The Morgan fingerprint density at radius 2 is 1.96 bits per heavy atom. The molecule has 2 aliphatic rings. The second kappa shape index (κ2) is 7.19. The number of rotatable bonds is 4. The molecule has 2 aliphatic heterocycles. The summed E-state index contributed by atoms with van der Waals surface area (Å²) in [5.74, 6) is 2.22. The number of H-pyrrole nitrogens is 1. The third-order valence-electron chi connectivity index (χ3n) is 5.41. The van der Waals surface area contributed by atoms with Gasteiger partial charge >= 0.3 is 0 Å². The maximum atomic E-state index is 13.0. The average Bonchev–Trinajstić information content (AvgIpc) is 3.07. The number of ether oxygens (including phenoxy) is 1. The maximum absolute atomic E-state index is 13.0. The SMILES string of the molecule is Cc1cc(C)c(-c2n[nH]c(CC3COC3)n2)cc1C(=O)N1CCCCC1. The van der Waals surface area contributed by atoms with E-state index < -0.39 is 0 Å². The molecule has 26 heavy (non-hydrogen) atoms. The van der Waals surface area contributed by atoms with E-state index in [0.717, 1.165) is 73.6 Å². The van der Waals surface area contributed by atoms with E-state index in [2.05, 4.69) is 21.2 Å². The zero-order valence-electron chi connectivity index (χ0n) is 15.5. The van der Waals surface area contributed by atoms with E-state index in [1.807, 2.05) is 24.8 Å². The largest absolute Gasteiger partial charge is 0.381 e. The molecule has 3 heterocycles. The van der Waals surface area contributed by atoms with Crippen molar-refractivity contribution in [3.05, 3.63) is 34.6 Å².